The molecule has 0 aliphatic heterocycles. The van der Waals surface area contributed by atoms with Crippen molar-refractivity contribution in [3.8, 4) is 0 Å². The molecule has 0 atom stereocenters. The number of halogens is 2. The molecule has 140 valence electrons. The number of carbonyl (C=O) groups excluding carboxylic acids is 2. The summed E-state index contributed by atoms with van der Waals surface area (Å²) in [6.07, 6.45) is 1.42. The first-order valence-electron chi connectivity index (χ1n) is 8.02. The highest BCUT2D eigenvalue weighted by Crippen LogP contribution is 2.30. The number of fused-ring (bicyclic) bond motifs is 1. The van der Waals surface area contributed by atoms with Gasteiger partial charge in [-0.2, -0.15) is 0 Å². The van der Waals surface area contributed by atoms with Crippen LogP contribution in [0.2, 0.25) is 10.0 Å². The van der Waals surface area contributed by atoms with E-state index in [1.165, 1.54) is 17.6 Å². The van der Waals surface area contributed by atoms with Crippen molar-refractivity contribution in [2.75, 3.05) is 10.6 Å². The van der Waals surface area contributed by atoms with Crippen LogP contribution in [-0.4, -0.2) is 16.8 Å². The molecule has 2 aromatic carbocycles. The number of amides is 2. The number of nitrogens with one attached hydrogen (secondary N) is 2. The van der Waals surface area contributed by atoms with Gasteiger partial charge in [0.1, 0.15) is 0 Å². The van der Waals surface area contributed by atoms with E-state index in [0.717, 1.165) is 4.70 Å². The van der Waals surface area contributed by atoms with Crippen molar-refractivity contribution in [1.29, 1.82) is 0 Å². The third kappa shape index (κ3) is 3.73. The van der Waals surface area contributed by atoms with Gasteiger partial charge in [0.25, 0.3) is 11.8 Å². The molecule has 28 heavy (non-hydrogen) atoms. The number of nitrogens with zero attached hydrogens (tertiary/aromatic N) is 1. The molecule has 2 amide bonds. The zero-order valence-electron chi connectivity index (χ0n) is 14.0. The minimum Gasteiger partial charge on any atom is -0.459 e. The number of rotatable bonds is 4. The number of carbonyl (C=O) groups is 2. The third-order valence-electron chi connectivity index (χ3n) is 3.81. The van der Waals surface area contributed by atoms with Gasteiger partial charge in [-0.3, -0.25) is 14.9 Å². The van der Waals surface area contributed by atoms with E-state index in [1.807, 2.05) is 0 Å². The van der Waals surface area contributed by atoms with Crippen LogP contribution in [0.25, 0.3) is 10.2 Å². The maximum Gasteiger partial charge on any atom is 0.293 e. The summed E-state index contributed by atoms with van der Waals surface area (Å²) in [5.74, 6) is -0.554. The quantitative estimate of drug-likeness (QED) is 0.433. The highest BCUT2D eigenvalue weighted by atomic mass is 35.5. The van der Waals surface area contributed by atoms with Crippen molar-refractivity contribution in [2.24, 2.45) is 0 Å². The Labute approximate surface area is 173 Å². The Morgan fingerprint density at radius 3 is 2.64 bits per heavy atom. The zero-order valence-corrected chi connectivity index (χ0v) is 16.4. The van der Waals surface area contributed by atoms with Crippen LogP contribution in [0, 0.1) is 0 Å². The van der Waals surface area contributed by atoms with Crippen LogP contribution >= 0.6 is 34.5 Å². The maximum absolute atomic E-state index is 12.5. The fraction of sp³-hybridized carbons (Fsp3) is 0. The third-order valence-corrected chi connectivity index (χ3v) is 5.56. The lowest BCUT2D eigenvalue weighted by molar-refractivity contribution is 0.0994. The summed E-state index contributed by atoms with van der Waals surface area (Å²) < 4.78 is 5.86. The Hall–Kier alpha value is -2.87. The van der Waals surface area contributed by atoms with E-state index in [4.69, 9.17) is 27.6 Å². The maximum atomic E-state index is 12.5. The summed E-state index contributed by atoms with van der Waals surface area (Å²) >= 11 is 13.3. The first-order valence-corrected chi connectivity index (χ1v) is 9.59. The smallest absolute Gasteiger partial charge is 0.293 e. The second-order valence-electron chi connectivity index (χ2n) is 5.69. The summed E-state index contributed by atoms with van der Waals surface area (Å²) in [4.78, 5) is 28.9. The van der Waals surface area contributed by atoms with E-state index < -0.39 is 0 Å². The van der Waals surface area contributed by atoms with E-state index in [0.29, 0.717) is 21.4 Å². The van der Waals surface area contributed by atoms with E-state index in [1.54, 1.807) is 48.5 Å². The van der Waals surface area contributed by atoms with Gasteiger partial charge < -0.3 is 9.73 Å². The average molecular weight is 432 g/mol. The Kier molecular flexibility index (Phi) is 5.04. The van der Waals surface area contributed by atoms with Gasteiger partial charge in [-0.05, 0) is 42.5 Å². The molecular formula is C19H11Cl2N3O3S. The van der Waals surface area contributed by atoms with Gasteiger partial charge in [-0.1, -0.05) is 40.6 Å². The number of hydrogen-bond donors (Lipinski definition) is 2. The lowest BCUT2D eigenvalue weighted by Gasteiger charge is -2.07. The Morgan fingerprint density at radius 1 is 1.00 bits per heavy atom. The van der Waals surface area contributed by atoms with Crippen LogP contribution < -0.4 is 10.6 Å². The number of hydrogen-bond acceptors (Lipinski definition) is 5. The molecule has 9 heteroatoms. The summed E-state index contributed by atoms with van der Waals surface area (Å²) in [5.41, 5.74) is 1.55. The second kappa shape index (κ2) is 7.63. The van der Waals surface area contributed by atoms with Crippen molar-refractivity contribution < 1.29 is 14.0 Å². The Bertz CT molecular complexity index is 1190. The molecule has 0 spiro atoms. The fourth-order valence-electron chi connectivity index (χ4n) is 2.50. The SMILES string of the molecule is O=C(Nc1nc2ccc(NC(=O)c3cccc(Cl)c3Cl)cc2s1)c1ccco1. The second-order valence-corrected chi connectivity index (χ2v) is 7.50. The summed E-state index contributed by atoms with van der Waals surface area (Å²) in [5, 5.41) is 6.41. The van der Waals surface area contributed by atoms with Crippen molar-refractivity contribution in [3.05, 3.63) is 76.2 Å². The predicted octanol–water partition coefficient (Wildman–Crippen LogP) is 5.70. The molecule has 0 aliphatic rings. The largest absolute Gasteiger partial charge is 0.459 e. The minimum absolute atomic E-state index is 0.198. The molecule has 0 fully saturated rings. The van der Waals surface area contributed by atoms with Gasteiger partial charge in [-0.15, -0.1) is 0 Å². The molecule has 6 nitrogen and oxygen atoms in total. The molecule has 2 N–H and O–H groups in total. The molecule has 4 aromatic rings. The predicted molar refractivity (Wildman–Crippen MR) is 111 cm³/mol. The number of aromatic nitrogens is 1. The normalized spacial score (nSPS) is 10.8. The lowest BCUT2D eigenvalue weighted by Crippen LogP contribution is -2.12. The van der Waals surface area contributed by atoms with Gasteiger partial charge >= 0.3 is 0 Å². The summed E-state index contributed by atoms with van der Waals surface area (Å²) in [6, 6.07) is 13.3. The van der Waals surface area contributed by atoms with Gasteiger partial charge in [0.05, 0.1) is 32.1 Å². The van der Waals surface area contributed by atoms with E-state index in [9.17, 15) is 9.59 Å². The molecule has 2 aromatic heterocycles. The standard InChI is InChI=1S/C19H11Cl2N3O3S/c20-12-4-1-3-11(16(12)21)17(25)22-10-6-7-13-15(9-10)28-19(23-13)24-18(26)14-5-2-8-27-14/h1-9H,(H,22,25)(H,23,24,26). The minimum atomic E-state index is -0.381. The van der Waals surface area contributed by atoms with Crippen molar-refractivity contribution >= 4 is 67.4 Å². The number of thiazole rings is 1. The van der Waals surface area contributed by atoms with Crippen molar-refractivity contribution in [3.63, 3.8) is 0 Å². The van der Waals surface area contributed by atoms with E-state index in [2.05, 4.69) is 15.6 Å². The first kappa shape index (κ1) is 18.5. The first-order chi connectivity index (χ1) is 13.5. The van der Waals surface area contributed by atoms with Gasteiger partial charge in [0.15, 0.2) is 10.9 Å². The molecule has 0 aliphatic carbocycles. The monoisotopic (exact) mass is 431 g/mol. The molecule has 0 unspecified atom stereocenters. The molecule has 0 bridgehead atoms. The van der Waals surface area contributed by atoms with Crippen molar-refractivity contribution in [1.82, 2.24) is 4.98 Å². The highest BCUT2D eigenvalue weighted by Gasteiger charge is 2.15. The molecular weight excluding hydrogens is 421 g/mol. The highest BCUT2D eigenvalue weighted by molar-refractivity contribution is 7.22. The molecule has 0 saturated heterocycles. The van der Waals surface area contributed by atoms with Gasteiger partial charge in [0.2, 0.25) is 0 Å². The fourth-order valence-corrected chi connectivity index (χ4v) is 3.79. The lowest BCUT2D eigenvalue weighted by atomic mass is 10.2. The van der Waals surface area contributed by atoms with Gasteiger partial charge in [-0.25, -0.2) is 4.98 Å². The van der Waals surface area contributed by atoms with E-state index >= 15 is 0 Å². The van der Waals surface area contributed by atoms with Crippen molar-refractivity contribution in [2.45, 2.75) is 0 Å². The number of benzene rings is 2. The van der Waals surface area contributed by atoms with Crippen LogP contribution in [0.4, 0.5) is 10.8 Å². The van der Waals surface area contributed by atoms with Crippen LogP contribution in [0.1, 0.15) is 20.9 Å². The molecule has 2 heterocycles. The van der Waals surface area contributed by atoms with Crippen LogP contribution in [-0.2, 0) is 0 Å². The molecule has 0 radical (unpaired) electrons. The molecule has 0 saturated carbocycles. The summed E-state index contributed by atoms with van der Waals surface area (Å²) in [6.45, 7) is 0. The summed E-state index contributed by atoms with van der Waals surface area (Å²) in [7, 11) is 0. The Balaban J connectivity index is 1.54. The van der Waals surface area contributed by atoms with Crippen LogP contribution in [0.5, 0.6) is 0 Å². The Morgan fingerprint density at radius 2 is 1.86 bits per heavy atom. The average Bonchev–Trinajstić information content (AvgIpc) is 3.33. The zero-order chi connectivity index (χ0) is 19.7. The van der Waals surface area contributed by atoms with Gasteiger partial charge in [0, 0.05) is 5.69 Å². The van der Waals surface area contributed by atoms with E-state index in [-0.39, 0.29) is 28.2 Å². The number of anilines is 2. The number of furan rings is 1. The topological polar surface area (TPSA) is 84.2 Å². The molecule has 4 rings (SSSR count). The van der Waals surface area contributed by atoms with Crippen LogP contribution in [0.3, 0.4) is 0 Å². The van der Waals surface area contributed by atoms with Crippen LogP contribution in [0.15, 0.2) is 59.2 Å².